The minimum Gasteiger partial charge on any atom is -0.497 e. The Labute approximate surface area is 238 Å². The number of carbonyl (C=O) groups excluding carboxylic acids is 2. The van der Waals surface area contributed by atoms with E-state index in [1.165, 1.54) is 24.1 Å². The highest BCUT2D eigenvalue weighted by atomic mass is 32.2. The van der Waals surface area contributed by atoms with Crippen molar-refractivity contribution in [1.29, 1.82) is 0 Å². The predicted molar refractivity (Wildman–Crippen MR) is 156 cm³/mol. The minimum absolute atomic E-state index is 0.0983. The van der Waals surface area contributed by atoms with Gasteiger partial charge in [0, 0.05) is 26.6 Å². The Balaban J connectivity index is 1.98. The van der Waals surface area contributed by atoms with Gasteiger partial charge in [0.1, 0.15) is 11.8 Å². The molecule has 1 N–H and O–H groups in total. The molecule has 1 unspecified atom stereocenters. The summed E-state index contributed by atoms with van der Waals surface area (Å²) >= 11 is 0. The molecule has 40 heavy (non-hydrogen) atoms. The van der Waals surface area contributed by atoms with Gasteiger partial charge in [-0.25, -0.2) is 8.42 Å². The second-order valence-corrected chi connectivity index (χ2v) is 12.3. The first-order chi connectivity index (χ1) is 19.0. The van der Waals surface area contributed by atoms with E-state index >= 15 is 0 Å². The third-order valence-corrected chi connectivity index (χ3v) is 8.35. The molecular formula is C31H39N3O5S. The van der Waals surface area contributed by atoms with Crippen molar-refractivity contribution in [2.75, 3.05) is 27.2 Å². The van der Waals surface area contributed by atoms with Gasteiger partial charge in [-0.15, -0.1) is 0 Å². The van der Waals surface area contributed by atoms with Crippen molar-refractivity contribution in [3.05, 3.63) is 95.6 Å². The third-order valence-electron chi connectivity index (χ3n) is 6.53. The maximum absolute atomic E-state index is 13.9. The van der Waals surface area contributed by atoms with Crippen LogP contribution in [0.5, 0.6) is 5.75 Å². The van der Waals surface area contributed by atoms with Gasteiger partial charge in [-0.3, -0.25) is 9.59 Å². The van der Waals surface area contributed by atoms with E-state index in [2.05, 4.69) is 5.32 Å². The van der Waals surface area contributed by atoms with Gasteiger partial charge < -0.3 is 15.0 Å². The van der Waals surface area contributed by atoms with Crippen LogP contribution in [0.4, 0.5) is 0 Å². The Kier molecular flexibility index (Phi) is 10.9. The van der Waals surface area contributed by atoms with Gasteiger partial charge in [-0.05, 0) is 48.2 Å². The standard InChI is InChI=1S/C31H39N3O5S/c1-23(2)20-32-31(36)29(19-25-10-7-6-8-11-25)34(21-26-12-9-13-27(18-26)39-5)30(35)22-33(4)40(37,38)28-16-14-24(3)15-17-28/h6-18,23,29H,19-22H2,1-5H3,(H,32,36). The summed E-state index contributed by atoms with van der Waals surface area (Å²) < 4.78 is 32.9. The third kappa shape index (κ3) is 8.40. The molecule has 0 aromatic heterocycles. The Morgan fingerprint density at radius 1 is 0.925 bits per heavy atom. The molecule has 0 spiro atoms. The topological polar surface area (TPSA) is 96.0 Å². The second kappa shape index (κ2) is 14.1. The fourth-order valence-corrected chi connectivity index (χ4v) is 5.32. The predicted octanol–water partition coefficient (Wildman–Crippen LogP) is 4.04. The molecule has 0 aliphatic carbocycles. The summed E-state index contributed by atoms with van der Waals surface area (Å²) in [6.07, 6.45) is 0.273. The number of methoxy groups -OCH3 is 1. The number of ether oxygens (including phenoxy) is 1. The van der Waals surface area contributed by atoms with Crippen LogP contribution in [-0.4, -0.2) is 62.7 Å². The number of hydrogen-bond acceptors (Lipinski definition) is 5. The number of aryl methyl sites for hydroxylation is 1. The lowest BCUT2D eigenvalue weighted by molar-refractivity contribution is -0.141. The number of likely N-dealkylation sites (N-methyl/N-ethyl adjacent to an activating group) is 1. The number of hydrogen-bond donors (Lipinski definition) is 1. The Morgan fingerprint density at radius 2 is 1.57 bits per heavy atom. The van der Waals surface area contributed by atoms with Crippen molar-refractivity contribution >= 4 is 21.8 Å². The van der Waals surface area contributed by atoms with Crippen molar-refractivity contribution in [2.45, 2.75) is 44.7 Å². The second-order valence-electron chi connectivity index (χ2n) is 10.3. The minimum atomic E-state index is -3.93. The lowest BCUT2D eigenvalue weighted by Gasteiger charge is -2.33. The van der Waals surface area contributed by atoms with E-state index in [-0.39, 0.29) is 29.7 Å². The normalized spacial score (nSPS) is 12.3. The van der Waals surface area contributed by atoms with Crippen molar-refractivity contribution in [3.8, 4) is 5.75 Å². The van der Waals surface area contributed by atoms with Gasteiger partial charge in [0.25, 0.3) is 0 Å². The molecule has 0 saturated carbocycles. The van der Waals surface area contributed by atoms with Crippen LogP contribution >= 0.6 is 0 Å². The molecule has 214 valence electrons. The number of nitrogens with zero attached hydrogens (tertiary/aromatic N) is 2. The molecule has 0 heterocycles. The lowest BCUT2D eigenvalue weighted by Crippen LogP contribution is -2.53. The molecule has 1 atom stereocenters. The largest absolute Gasteiger partial charge is 0.497 e. The number of nitrogens with one attached hydrogen (secondary N) is 1. The van der Waals surface area contributed by atoms with Crippen LogP contribution in [-0.2, 0) is 32.6 Å². The number of sulfonamides is 1. The fourth-order valence-electron chi connectivity index (χ4n) is 4.20. The van der Waals surface area contributed by atoms with Crippen molar-refractivity contribution < 1.29 is 22.7 Å². The van der Waals surface area contributed by atoms with E-state index in [1.807, 2.05) is 63.2 Å². The van der Waals surface area contributed by atoms with Gasteiger partial charge in [-0.1, -0.05) is 74.0 Å². The molecule has 3 aromatic carbocycles. The highest BCUT2D eigenvalue weighted by Gasteiger charge is 2.33. The highest BCUT2D eigenvalue weighted by Crippen LogP contribution is 2.20. The lowest BCUT2D eigenvalue weighted by atomic mass is 10.0. The van der Waals surface area contributed by atoms with E-state index in [0.29, 0.717) is 12.3 Å². The van der Waals surface area contributed by atoms with Crippen LogP contribution < -0.4 is 10.1 Å². The monoisotopic (exact) mass is 565 g/mol. The molecule has 0 fully saturated rings. The van der Waals surface area contributed by atoms with E-state index in [4.69, 9.17) is 4.74 Å². The summed E-state index contributed by atoms with van der Waals surface area (Å²) in [7, 11) is -0.992. The average molecular weight is 566 g/mol. The van der Waals surface area contributed by atoms with Crippen molar-refractivity contribution in [3.63, 3.8) is 0 Å². The molecule has 3 rings (SSSR count). The Morgan fingerprint density at radius 3 is 2.20 bits per heavy atom. The number of carbonyl (C=O) groups is 2. The zero-order valence-corrected chi connectivity index (χ0v) is 24.6. The number of benzene rings is 3. The van der Waals surface area contributed by atoms with Gasteiger partial charge >= 0.3 is 0 Å². The van der Waals surface area contributed by atoms with Crippen LogP contribution in [0, 0.1) is 12.8 Å². The van der Waals surface area contributed by atoms with E-state index in [0.717, 1.165) is 21.0 Å². The van der Waals surface area contributed by atoms with Crippen LogP contribution in [0.2, 0.25) is 0 Å². The highest BCUT2D eigenvalue weighted by molar-refractivity contribution is 7.89. The fraction of sp³-hybridized carbons (Fsp3) is 0.355. The van der Waals surface area contributed by atoms with E-state index in [1.54, 1.807) is 31.4 Å². The molecule has 0 bridgehead atoms. The quantitative estimate of drug-likeness (QED) is 0.338. The first kappa shape index (κ1) is 30.8. The van der Waals surface area contributed by atoms with Crippen molar-refractivity contribution in [2.24, 2.45) is 5.92 Å². The average Bonchev–Trinajstić information content (AvgIpc) is 2.94. The maximum Gasteiger partial charge on any atom is 0.243 e. The summed E-state index contributed by atoms with van der Waals surface area (Å²) in [6, 6.07) is 22.4. The summed E-state index contributed by atoms with van der Waals surface area (Å²) in [6.45, 7) is 5.99. The van der Waals surface area contributed by atoms with Crippen LogP contribution in [0.1, 0.15) is 30.5 Å². The molecule has 0 saturated heterocycles. The van der Waals surface area contributed by atoms with Crippen LogP contribution in [0.15, 0.2) is 83.8 Å². The first-order valence-corrected chi connectivity index (χ1v) is 14.7. The van der Waals surface area contributed by atoms with Crippen LogP contribution in [0.25, 0.3) is 0 Å². The molecule has 2 amide bonds. The van der Waals surface area contributed by atoms with Gasteiger partial charge in [-0.2, -0.15) is 4.31 Å². The summed E-state index contributed by atoms with van der Waals surface area (Å²) in [4.78, 5) is 29.1. The molecule has 0 aliphatic heterocycles. The summed E-state index contributed by atoms with van der Waals surface area (Å²) in [5, 5.41) is 2.97. The Bertz CT molecular complexity index is 1380. The molecule has 0 aliphatic rings. The molecule has 9 heteroatoms. The van der Waals surface area contributed by atoms with Crippen LogP contribution in [0.3, 0.4) is 0 Å². The zero-order chi connectivity index (χ0) is 29.3. The van der Waals surface area contributed by atoms with E-state index in [9.17, 15) is 18.0 Å². The molecule has 8 nitrogen and oxygen atoms in total. The van der Waals surface area contributed by atoms with Gasteiger partial charge in [0.2, 0.25) is 21.8 Å². The summed E-state index contributed by atoms with van der Waals surface area (Å²) in [5.41, 5.74) is 2.57. The number of amides is 2. The smallest absolute Gasteiger partial charge is 0.243 e. The Hall–Kier alpha value is -3.69. The summed E-state index contributed by atoms with van der Waals surface area (Å²) in [5.74, 6) is 0.0574. The number of rotatable bonds is 13. The van der Waals surface area contributed by atoms with Crippen molar-refractivity contribution in [1.82, 2.24) is 14.5 Å². The van der Waals surface area contributed by atoms with E-state index < -0.39 is 28.5 Å². The van der Waals surface area contributed by atoms with Gasteiger partial charge in [0.05, 0.1) is 18.6 Å². The van der Waals surface area contributed by atoms with Gasteiger partial charge in [0.15, 0.2) is 0 Å². The first-order valence-electron chi connectivity index (χ1n) is 13.3. The molecule has 3 aromatic rings. The SMILES string of the molecule is COc1cccc(CN(C(=O)CN(C)S(=O)(=O)c2ccc(C)cc2)C(Cc2ccccc2)C(=O)NCC(C)C)c1. The molecular weight excluding hydrogens is 526 g/mol. The zero-order valence-electron chi connectivity index (χ0n) is 23.8. The maximum atomic E-state index is 13.9. The molecule has 0 radical (unpaired) electrons.